The highest BCUT2D eigenvalue weighted by Crippen LogP contribution is 1.98. The molecule has 0 radical (unpaired) electrons. The zero-order valence-electron chi connectivity index (χ0n) is 5.31. The Labute approximate surface area is 54.7 Å². The van der Waals surface area contributed by atoms with Gasteiger partial charge in [-0.2, -0.15) is 0 Å². The number of nitrogens with one attached hydrogen (secondary N) is 1. The van der Waals surface area contributed by atoms with E-state index in [1.54, 1.807) is 0 Å². The van der Waals surface area contributed by atoms with Gasteiger partial charge in [0.1, 0.15) is 0 Å². The van der Waals surface area contributed by atoms with Gasteiger partial charge in [-0.25, -0.2) is 4.98 Å². The van der Waals surface area contributed by atoms with E-state index in [0.29, 0.717) is 0 Å². The fraction of sp³-hybridized carbons (Fsp3) is 0.125. The maximum absolute atomic E-state index is 5.19. The summed E-state index contributed by atoms with van der Waals surface area (Å²) in [6.07, 6.45) is 8.89. The topological polar surface area (TPSA) is 14.1 Å². The number of hydrogen-bond donors (Lipinski definition) is 0. The predicted octanol–water partition coefficient (Wildman–Crippen LogP) is 0.790. The summed E-state index contributed by atoms with van der Waals surface area (Å²) in [5, 5.41) is 0. The predicted molar refractivity (Wildman–Crippen MR) is 35.7 cm³/mol. The van der Waals surface area contributed by atoms with Gasteiger partial charge in [-0.15, -0.1) is 6.42 Å². The fourth-order valence-corrected chi connectivity index (χ4v) is 0.676. The van der Waals surface area contributed by atoms with E-state index in [4.69, 9.17) is 6.42 Å². The lowest BCUT2D eigenvalue weighted by Crippen LogP contribution is -2.00. The Morgan fingerprint density at radius 1 is 1.67 bits per heavy atom. The van der Waals surface area contributed by atoms with Gasteiger partial charge >= 0.3 is 0 Å². The fourth-order valence-electron chi connectivity index (χ4n) is 0.676. The zero-order chi connectivity index (χ0) is 6.69. The van der Waals surface area contributed by atoms with E-state index in [9.17, 15) is 0 Å². The van der Waals surface area contributed by atoms with E-state index in [2.05, 4.69) is 10.9 Å². The first kappa shape index (κ1) is 5.84. The molecule has 1 aromatic rings. The Hall–Kier alpha value is -1.29. The summed E-state index contributed by atoms with van der Waals surface area (Å²) in [7, 11) is 0. The molecule has 1 N–H and O–H groups in total. The molecule has 0 bridgehead atoms. The quantitative estimate of drug-likeness (QED) is 0.447. The maximum Gasteiger partial charge on any atom is 0.171 e. The van der Waals surface area contributed by atoms with Crippen LogP contribution in [-0.4, -0.2) is 0 Å². The minimum absolute atomic E-state index is 0.953. The molecule has 9 heavy (non-hydrogen) atoms. The van der Waals surface area contributed by atoms with Crippen LogP contribution >= 0.6 is 0 Å². The highest BCUT2D eigenvalue weighted by molar-refractivity contribution is 5.35. The average Bonchev–Trinajstić information content (AvgIpc) is 1.89. The number of pyridine rings is 1. The van der Waals surface area contributed by atoms with E-state index in [0.717, 1.165) is 11.1 Å². The minimum Gasteiger partial charge on any atom is -0.218 e. The lowest BCUT2D eigenvalue weighted by molar-refractivity contribution is -0.378. The van der Waals surface area contributed by atoms with E-state index < -0.39 is 0 Å². The molecule has 1 heteroatoms. The van der Waals surface area contributed by atoms with Crippen molar-refractivity contribution in [1.82, 2.24) is 0 Å². The molecule has 0 saturated heterocycles. The Balaban J connectivity index is 3.20. The smallest absolute Gasteiger partial charge is 0.171 e. The molecule has 0 unspecified atom stereocenters. The maximum atomic E-state index is 5.19. The zero-order valence-corrected chi connectivity index (χ0v) is 5.31. The first-order chi connectivity index (χ1) is 4.34. The van der Waals surface area contributed by atoms with Gasteiger partial charge in [0.2, 0.25) is 0 Å². The first-order valence-electron chi connectivity index (χ1n) is 2.78. The van der Waals surface area contributed by atoms with Crippen LogP contribution in [0.15, 0.2) is 18.5 Å². The van der Waals surface area contributed by atoms with Gasteiger partial charge in [0.05, 0.1) is 0 Å². The largest absolute Gasteiger partial charge is 0.218 e. The van der Waals surface area contributed by atoms with Gasteiger partial charge in [0.25, 0.3) is 0 Å². The second kappa shape index (κ2) is 2.32. The van der Waals surface area contributed by atoms with Crippen molar-refractivity contribution in [3.8, 4) is 12.3 Å². The van der Waals surface area contributed by atoms with E-state index in [1.807, 2.05) is 25.4 Å². The number of hydrogen-bond acceptors (Lipinski definition) is 0. The molecule has 0 saturated carbocycles. The van der Waals surface area contributed by atoms with Gasteiger partial charge in [-0.3, -0.25) is 0 Å². The van der Waals surface area contributed by atoms with Gasteiger partial charge in [0.15, 0.2) is 12.4 Å². The molecule has 0 atom stereocenters. The van der Waals surface area contributed by atoms with Gasteiger partial charge in [-0.05, 0) is 6.92 Å². The summed E-state index contributed by atoms with van der Waals surface area (Å²) >= 11 is 0. The molecule has 0 aliphatic heterocycles. The van der Waals surface area contributed by atoms with Crippen LogP contribution in [0, 0.1) is 19.3 Å². The Morgan fingerprint density at radius 2 is 2.44 bits per heavy atom. The molecule has 0 aliphatic carbocycles. The van der Waals surface area contributed by atoms with Crippen molar-refractivity contribution in [3.05, 3.63) is 29.6 Å². The number of terminal acetylenes is 1. The van der Waals surface area contributed by atoms with E-state index >= 15 is 0 Å². The molecule has 0 spiro atoms. The number of H-pyrrole nitrogens is 1. The van der Waals surface area contributed by atoms with Crippen LogP contribution in [0.5, 0.6) is 0 Å². The van der Waals surface area contributed by atoms with E-state index in [-0.39, 0.29) is 0 Å². The molecule has 1 heterocycles. The summed E-state index contributed by atoms with van der Waals surface area (Å²) < 4.78 is 0. The van der Waals surface area contributed by atoms with Crippen LogP contribution in [0.2, 0.25) is 0 Å². The van der Waals surface area contributed by atoms with Gasteiger partial charge < -0.3 is 0 Å². The number of aryl methyl sites for hydroxylation is 1. The third kappa shape index (κ3) is 1.09. The van der Waals surface area contributed by atoms with Crippen molar-refractivity contribution in [2.75, 3.05) is 0 Å². The second-order valence-electron chi connectivity index (χ2n) is 1.89. The molecule has 0 amide bonds. The van der Waals surface area contributed by atoms with Crippen molar-refractivity contribution in [2.45, 2.75) is 6.92 Å². The molecule has 0 aliphatic rings. The van der Waals surface area contributed by atoms with Crippen LogP contribution in [0.25, 0.3) is 0 Å². The van der Waals surface area contributed by atoms with Crippen molar-refractivity contribution < 1.29 is 4.98 Å². The summed E-state index contributed by atoms with van der Waals surface area (Å²) in [6, 6.07) is 1.88. The summed E-state index contributed by atoms with van der Waals surface area (Å²) in [4.78, 5) is 2.94. The standard InChI is InChI=1S/C8H7N/c1-3-8-4-5-9-6-7(8)2/h1,4-6H,2H3/p+1. The Bertz CT molecular complexity index is 245. The van der Waals surface area contributed by atoms with Crippen LogP contribution in [-0.2, 0) is 0 Å². The summed E-state index contributed by atoms with van der Waals surface area (Å²) in [5.74, 6) is 2.58. The third-order valence-corrected chi connectivity index (χ3v) is 1.23. The highest BCUT2D eigenvalue weighted by atomic mass is 14.6. The monoisotopic (exact) mass is 118 g/mol. The molecule has 1 rings (SSSR count). The number of aromatic nitrogens is 1. The Morgan fingerprint density at radius 3 is 2.89 bits per heavy atom. The van der Waals surface area contributed by atoms with Gasteiger partial charge in [0, 0.05) is 17.2 Å². The average molecular weight is 118 g/mol. The SMILES string of the molecule is C#Cc1cc[nH+]cc1C. The van der Waals surface area contributed by atoms with Crippen LogP contribution in [0.1, 0.15) is 11.1 Å². The summed E-state index contributed by atoms with van der Waals surface area (Å²) in [5.41, 5.74) is 2.06. The minimum atomic E-state index is 0.953. The van der Waals surface area contributed by atoms with Crippen molar-refractivity contribution in [3.63, 3.8) is 0 Å². The molecule has 1 aromatic heterocycles. The second-order valence-corrected chi connectivity index (χ2v) is 1.89. The molecular weight excluding hydrogens is 110 g/mol. The molecule has 0 fully saturated rings. The van der Waals surface area contributed by atoms with Crippen molar-refractivity contribution in [2.24, 2.45) is 0 Å². The third-order valence-electron chi connectivity index (χ3n) is 1.23. The molecule has 44 valence electrons. The normalized spacial score (nSPS) is 8.44. The lowest BCUT2D eigenvalue weighted by Gasteiger charge is -1.87. The highest BCUT2D eigenvalue weighted by Gasteiger charge is 1.93. The molecule has 0 aromatic carbocycles. The van der Waals surface area contributed by atoms with Crippen molar-refractivity contribution in [1.29, 1.82) is 0 Å². The molecular formula is C8H8N+. The number of rotatable bonds is 0. The van der Waals surface area contributed by atoms with E-state index in [1.165, 1.54) is 0 Å². The lowest BCUT2D eigenvalue weighted by atomic mass is 10.2. The number of aromatic amines is 1. The summed E-state index contributed by atoms with van der Waals surface area (Å²) in [6.45, 7) is 1.98. The van der Waals surface area contributed by atoms with Crippen LogP contribution in [0.4, 0.5) is 0 Å². The Kier molecular flexibility index (Phi) is 1.51. The van der Waals surface area contributed by atoms with Crippen LogP contribution < -0.4 is 4.98 Å². The first-order valence-corrected chi connectivity index (χ1v) is 2.78. The van der Waals surface area contributed by atoms with Crippen LogP contribution in [0.3, 0.4) is 0 Å². The van der Waals surface area contributed by atoms with Crippen molar-refractivity contribution >= 4 is 0 Å². The van der Waals surface area contributed by atoms with Gasteiger partial charge in [-0.1, -0.05) is 5.92 Å². The molecule has 1 nitrogen and oxygen atoms in total.